The summed E-state index contributed by atoms with van der Waals surface area (Å²) in [5, 5.41) is 6.51. The zero-order valence-electron chi connectivity index (χ0n) is 12.1. The fourth-order valence-corrected chi connectivity index (χ4v) is 2.46. The third-order valence-electron chi connectivity index (χ3n) is 3.91. The highest BCUT2D eigenvalue weighted by Crippen LogP contribution is 2.47. The van der Waals surface area contributed by atoms with Crippen molar-refractivity contribution in [1.82, 2.24) is 10.3 Å². The summed E-state index contributed by atoms with van der Waals surface area (Å²) < 4.78 is 0. The molecule has 1 aromatic carbocycles. The van der Waals surface area contributed by atoms with Gasteiger partial charge in [-0.25, -0.2) is 0 Å². The van der Waals surface area contributed by atoms with Crippen molar-refractivity contribution in [2.75, 3.05) is 11.9 Å². The van der Waals surface area contributed by atoms with Crippen LogP contribution >= 0.6 is 0 Å². The molecular weight excluding hydrogens is 278 g/mol. The van der Waals surface area contributed by atoms with Crippen molar-refractivity contribution in [2.24, 2.45) is 5.41 Å². The number of anilines is 1. The van der Waals surface area contributed by atoms with Gasteiger partial charge in [-0.3, -0.25) is 14.6 Å². The van der Waals surface area contributed by atoms with Gasteiger partial charge in [-0.1, -0.05) is 24.3 Å². The second kappa shape index (κ2) is 5.60. The standard InChI is InChI=1S/C17H17N3O2/c1-2-10-19-15(21)17(8-9-17)16(22)20-13-7-3-5-12-6-4-11-18-14(12)13/h2-7,11H,1,8-10H2,(H,19,21)(H,20,22). The molecule has 2 N–H and O–H groups in total. The van der Waals surface area contributed by atoms with Crippen LogP contribution in [0.25, 0.3) is 10.9 Å². The van der Waals surface area contributed by atoms with Crippen molar-refractivity contribution >= 4 is 28.4 Å². The fourth-order valence-electron chi connectivity index (χ4n) is 2.46. The number of aromatic nitrogens is 1. The van der Waals surface area contributed by atoms with Crippen molar-refractivity contribution in [1.29, 1.82) is 0 Å². The smallest absolute Gasteiger partial charge is 0.240 e. The molecule has 1 aromatic heterocycles. The quantitative estimate of drug-likeness (QED) is 0.656. The van der Waals surface area contributed by atoms with E-state index in [1.807, 2.05) is 24.3 Å². The Bertz CT molecular complexity index is 745. The van der Waals surface area contributed by atoms with Crippen molar-refractivity contribution in [2.45, 2.75) is 12.8 Å². The van der Waals surface area contributed by atoms with Gasteiger partial charge in [0.2, 0.25) is 11.8 Å². The number of fused-ring (bicyclic) bond motifs is 1. The molecule has 22 heavy (non-hydrogen) atoms. The number of amides is 2. The summed E-state index contributed by atoms with van der Waals surface area (Å²) in [4.78, 5) is 29.0. The molecule has 1 aliphatic rings. The van der Waals surface area contributed by atoms with Gasteiger partial charge in [0.25, 0.3) is 0 Å². The van der Waals surface area contributed by atoms with Gasteiger partial charge in [-0.15, -0.1) is 6.58 Å². The van der Waals surface area contributed by atoms with E-state index in [2.05, 4.69) is 22.2 Å². The monoisotopic (exact) mass is 295 g/mol. The van der Waals surface area contributed by atoms with Gasteiger partial charge in [-0.05, 0) is 25.0 Å². The SMILES string of the molecule is C=CCNC(=O)C1(C(=O)Nc2cccc3cccnc23)CC1. The number of rotatable bonds is 5. The number of nitrogens with zero attached hydrogens (tertiary/aromatic N) is 1. The van der Waals surface area contributed by atoms with Crippen LogP contribution in [0.15, 0.2) is 49.2 Å². The van der Waals surface area contributed by atoms with Crippen molar-refractivity contribution < 1.29 is 9.59 Å². The maximum atomic E-state index is 12.5. The molecule has 0 unspecified atom stereocenters. The van der Waals surface area contributed by atoms with Gasteiger partial charge in [0.05, 0.1) is 11.2 Å². The normalized spacial score (nSPS) is 15.1. The van der Waals surface area contributed by atoms with Crippen LogP contribution in [-0.4, -0.2) is 23.3 Å². The van der Waals surface area contributed by atoms with Crippen LogP contribution in [0.5, 0.6) is 0 Å². The van der Waals surface area contributed by atoms with E-state index in [1.54, 1.807) is 18.3 Å². The number of para-hydroxylation sites is 1. The van der Waals surface area contributed by atoms with Crippen LogP contribution in [0.2, 0.25) is 0 Å². The summed E-state index contributed by atoms with van der Waals surface area (Å²) >= 11 is 0. The minimum atomic E-state index is -0.944. The van der Waals surface area contributed by atoms with Crippen molar-refractivity contribution in [3.8, 4) is 0 Å². The molecule has 5 heteroatoms. The fraction of sp³-hybridized carbons (Fsp3) is 0.235. The molecule has 1 saturated carbocycles. The number of nitrogens with one attached hydrogen (secondary N) is 2. The number of benzene rings is 1. The van der Waals surface area contributed by atoms with Gasteiger partial charge in [-0.2, -0.15) is 0 Å². The Hall–Kier alpha value is -2.69. The Morgan fingerprint density at radius 2 is 2.00 bits per heavy atom. The van der Waals surface area contributed by atoms with E-state index in [4.69, 9.17) is 0 Å². The maximum Gasteiger partial charge on any atom is 0.240 e. The maximum absolute atomic E-state index is 12.5. The topological polar surface area (TPSA) is 71.1 Å². The minimum Gasteiger partial charge on any atom is -0.352 e. The van der Waals surface area contributed by atoms with Gasteiger partial charge in [0.15, 0.2) is 0 Å². The van der Waals surface area contributed by atoms with Crippen molar-refractivity contribution in [3.63, 3.8) is 0 Å². The number of pyridine rings is 1. The van der Waals surface area contributed by atoms with E-state index < -0.39 is 5.41 Å². The summed E-state index contributed by atoms with van der Waals surface area (Å²) in [6.07, 6.45) is 4.42. The first-order valence-corrected chi connectivity index (χ1v) is 7.22. The first-order valence-electron chi connectivity index (χ1n) is 7.22. The van der Waals surface area contributed by atoms with Crippen LogP contribution in [0.4, 0.5) is 5.69 Å². The second-order valence-electron chi connectivity index (χ2n) is 5.42. The largest absolute Gasteiger partial charge is 0.352 e. The van der Waals surface area contributed by atoms with Crippen molar-refractivity contribution in [3.05, 3.63) is 49.2 Å². The van der Waals surface area contributed by atoms with E-state index >= 15 is 0 Å². The van der Waals surface area contributed by atoms with Gasteiger partial charge < -0.3 is 10.6 Å². The van der Waals surface area contributed by atoms with Crippen LogP contribution in [0.3, 0.4) is 0 Å². The number of carbonyl (C=O) groups is 2. The van der Waals surface area contributed by atoms with Crippen LogP contribution in [0.1, 0.15) is 12.8 Å². The molecule has 1 aliphatic carbocycles. The zero-order valence-corrected chi connectivity index (χ0v) is 12.1. The molecule has 0 atom stereocenters. The van der Waals surface area contributed by atoms with Gasteiger partial charge in [0, 0.05) is 18.1 Å². The predicted octanol–water partition coefficient (Wildman–Crippen LogP) is 2.26. The number of hydrogen-bond acceptors (Lipinski definition) is 3. The van der Waals surface area contributed by atoms with Gasteiger partial charge >= 0.3 is 0 Å². The van der Waals surface area contributed by atoms with E-state index in [-0.39, 0.29) is 11.8 Å². The highest BCUT2D eigenvalue weighted by molar-refractivity contribution is 6.14. The molecule has 0 radical (unpaired) electrons. The molecule has 5 nitrogen and oxygen atoms in total. The minimum absolute atomic E-state index is 0.238. The van der Waals surface area contributed by atoms with Crippen LogP contribution < -0.4 is 10.6 Å². The first kappa shape index (κ1) is 14.3. The van der Waals surface area contributed by atoms with Crippen LogP contribution in [0, 0.1) is 5.41 Å². The van der Waals surface area contributed by atoms with Crippen LogP contribution in [-0.2, 0) is 9.59 Å². The average Bonchev–Trinajstić information content (AvgIpc) is 3.35. The third kappa shape index (κ3) is 2.45. The molecule has 2 amide bonds. The lowest BCUT2D eigenvalue weighted by Gasteiger charge is -2.15. The van der Waals surface area contributed by atoms with E-state index in [0.717, 1.165) is 10.9 Å². The lowest BCUT2D eigenvalue weighted by atomic mass is 10.0. The summed E-state index contributed by atoms with van der Waals surface area (Å²) in [5.74, 6) is -0.509. The number of carbonyl (C=O) groups excluding carboxylic acids is 2. The Morgan fingerprint density at radius 1 is 1.23 bits per heavy atom. The molecule has 2 aromatic rings. The third-order valence-corrected chi connectivity index (χ3v) is 3.91. The Kier molecular flexibility index (Phi) is 3.63. The average molecular weight is 295 g/mol. The summed E-state index contributed by atoms with van der Waals surface area (Å²) in [7, 11) is 0. The lowest BCUT2D eigenvalue weighted by molar-refractivity contribution is -0.134. The molecule has 0 bridgehead atoms. The number of hydrogen-bond donors (Lipinski definition) is 2. The lowest BCUT2D eigenvalue weighted by Crippen LogP contribution is -2.40. The molecule has 1 heterocycles. The first-order chi connectivity index (χ1) is 10.7. The molecule has 1 fully saturated rings. The Morgan fingerprint density at radius 3 is 2.73 bits per heavy atom. The zero-order chi connectivity index (χ0) is 15.6. The Balaban J connectivity index is 1.82. The Labute approximate surface area is 128 Å². The molecule has 0 spiro atoms. The van der Waals surface area contributed by atoms with E-state index in [0.29, 0.717) is 25.1 Å². The summed E-state index contributed by atoms with van der Waals surface area (Å²) in [5.41, 5.74) is 0.409. The van der Waals surface area contributed by atoms with Gasteiger partial charge in [0.1, 0.15) is 5.41 Å². The molecule has 3 rings (SSSR count). The second-order valence-corrected chi connectivity index (χ2v) is 5.42. The molecule has 0 saturated heterocycles. The predicted molar refractivity (Wildman–Crippen MR) is 85.2 cm³/mol. The molecular formula is C17H17N3O2. The molecule has 112 valence electrons. The summed E-state index contributed by atoms with van der Waals surface area (Å²) in [6, 6.07) is 9.37. The highest BCUT2D eigenvalue weighted by atomic mass is 16.2. The highest BCUT2D eigenvalue weighted by Gasteiger charge is 2.56. The van der Waals surface area contributed by atoms with E-state index in [1.165, 1.54) is 0 Å². The molecule has 0 aliphatic heterocycles. The van der Waals surface area contributed by atoms with E-state index in [9.17, 15) is 9.59 Å². The summed E-state index contributed by atoms with van der Waals surface area (Å²) in [6.45, 7) is 3.92.